The molecule has 0 spiro atoms. The van der Waals surface area contributed by atoms with Crippen molar-refractivity contribution in [3.05, 3.63) is 48.0 Å². The van der Waals surface area contributed by atoms with E-state index in [1.54, 1.807) is 12.5 Å². The van der Waals surface area contributed by atoms with Crippen molar-refractivity contribution in [2.24, 2.45) is 12.9 Å². The molecule has 0 aliphatic carbocycles. The van der Waals surface area contributed by atoms with Crippen LogP contribution in [0.25, 0.3) is 0 Å². The van der Waals surface area contributed by atoms with Gasteiger partial charge in [-0.05, 0) is 13.0 Å². The Morgan fingerprint density at radius 2 is 2.22 bits per heavy atom. The lowest BCUT2D eigenvalue weighted by molar-refractivity contribution is 0.333. The van der Waals surface area contributed by atoms with Gasteiger partial charge < -0.3 is 9.30 Å². The second-order valence-corrected chi connectivity index (χ2v) is 4.00. The maximum Gasteiger partial charge on any atom is 0.124 e. The van der Waals surface area contributed by atoms with Crippen LogP contribution in [0, 0.1) is 0 Å². The second-order valence-electron chi connectivity index (χ2n) is 4.00. The van der Waals surface area contributed by atoms with E-state index in [1.807, 2.05) is 42.8 Å². The van der Waals surface area contributed by atoms with Gasteiger partial charge in [-0.15, -0.1) is 0 Å². The van der Waals surface area contributed by atoms with Gasteiger partial charge in [0.1, 0.15) is 5.75 Å². The normalized spacial score (nSPS) is 12.4. The van der Waals surface area contributed by atoms with Crippen molar-refractivity contribution in [1.29, 1.82) is 0 Å². The largest absolute Gasteiger partial charge is 0.494 e. The molecule has 1 aromatic heterocycles. The summed E-state index contributed by atoms with van der Waals surface area (Å²) in [4.78, 5) is 4.12. The maximum absolute atomic E-state index is 5.68. The number of nitrogens with two attached hydrogens (primary N) is 1. The lowest BCUT2D eigenvalue weighted by Gasteiger charge is -2.19. The molecule has 5 heteroatoms. The smallest absolute Gasteiger partial charge is 0.124 e. The van der Waals surface area contributed by atoms with E-state index in [0.29, 0.717) is 6.61 Å². The number of imidazole rings is 1. The summed E-state index contributed by atoms with van der Waals surface area (Å²) >= 11 is 0. The molecule has 0 bridgehead atoms. The third-order valence-electron chi connectivity index (χ3n) is 2.85. The zero-order valence-corrected chi connectivity index (χ0v) is 10.6. The highest BCUT2D eigenvalue weighted by atomic mass is 16.5. The van der Waals surface area contributed by atoms with E-state index in [2.05, 4.69) is 10.4 Å². The Balaban J connectivity index is 2.42. The zero-order chi connectivity index (χ0) is 13.0. The molecule has 0 amide bonds. The fourth-order valence-electron chi connectivity index (χ4n) is 1.99. The number of hydrazine groups is 1. The molecule has 0 fully saturated rings. The molecule has 2 rings (SSSR count). The first-order valence-electron chi connectivity index (χ1n) is 5.92. The molecule has 1 heterocycles. The Morgan fingerprint density at radius 1 is 1.44 bits per heavy atom. The average molecular weight is 246 g/mol. The zero-order valence-electron chi connectivity index (χ0n) is 10.6. The van der Waals surface area contributed by atoms with E-state index in [0.717, 1.165) is 17.0 Å². The quantitative estimate of drug-likeness (QED) is 0.618. The lowest BCUT2D eigenvalue weighted by Crippen LogP contribution is -2.30. The third kappa shape index (κ3) is 2.37. The highest BCUT2D eigenvalue weighted by molar-refractivity contribution is 5.39. The van der Waals surface area contributed by atoms with Gasteiger partial charge in [0.2, 0.25) is 0 Å². The number of benzene rings is 1. The van der Waals surface area contributed by atoms with E-state index in [1.165, 1.54) is 0 Å². The third-order valence-corrected chi connectivity index (χ3v) is 2.85. The minimum Gasteiger partial charge on any atom is -0.494 e. The van der Waals surface area contributed by atoms with Crippen LogP contribution in [-0.4, -0.2) is 16.2 Å². The van der Waals surface area contributed by atoms with Gasteiger partial charge in [-0.1, -0.05) is 18.2 Å². The summed E-state index contributed by atoms with van der Waals surface area (Å²) in [6.45, 7) is 2.59. The molecule has 1 unspecified atom stereocenters. The van der Waals surface area contributed by atoms with Crippen LogP contribution < -0.4 is 16.0 Å². The number of para-hydroxylation sites is 1. The Morgan fingerprint density at radius 3 is 2.83 bits per heavy atom. The summed E-state index contributed by atoms with van der Waals surface area (Å²) in [6.07, 6.45) is 3.55. The molecule has 1 atom stereocenters. The summed E-state index contributed by atoms with van der Waals surface area (Å²) in [5, 5.41) is 0. The van der Waals surface area contributed by atoms with Crippen molar-refractivity contribution in [3.63, 3.8) is 0 Å². The van der Waals surface area contributed by atoms with Crippen LogP contribution in [0.1, 0.15) is 24.2 Å². The van der Waals surface area contributed by atoms with Gasteiger partial charge in [-0.3, -0.25) is 5.84 Å². The summed E-state index contributed by atoms with van der Waals surface area (Å²) in [5.41, 5.74) is 4.82. The predicted octanol–water partition coefficient (Wildman–Crippen LogP) is 1.37. The molecule has 0 radical (unpaired) electrons. The molecule has 0 saturated carbocycles. The van der Waals surface area contributed by atoms with Crippen molar-refractivity contribution in [1.82, 2.24) is 15.0 Å². The van der Waals surface area contributed by atoms with E-state index in [4.69, 9.17) is 10.6 Å². The Labute approximate surface area is 107 Å². The molecular formula is C13H18N4O. The topological polar surface area (TPSA) is 65.1 Å². The van der Waals surface area contributed by atoms with E-state index >= 15 is 0 Å². The van der Waals surface area contributed by atoms with E-state index in [-0.39, 0.29) is 6.04 Å². The SMILES string of the molecule is CCOc1ccccc1C(NN)c1cncn1C. The minimum atomic E-state index is -0.139. The van der Waals surface area contributed by atoms with Crippen LogP contribution in [0.15, 0.2) is 36.8 Å². The lowest BCUT2D eigenvalue weighted by atomic mass is 10.0. The number of nitrogens with zero attached hydrogens (tertiary/aromatic N) is 2. The van der Waals surface area contributed by atoms with Gasteiger partial charge in [-0.25, -0.2) is 10.4 Å². The highest BCUT2D eigenvalue weighted by Gasteiger charge is 2.19. The fourth-order valence-corrected chi connectivity index (χ4v) is 1.99. The summed E-state index contributed by atoms with van der Waals surface area (Å²) in [7, 11) is 1.94. The first-order chi connectivity index (χ1) is 8.77. The maximum atomic E-state index is 5.68. The monoisotopic (exact) mass is 246 g/mol. The molecule has 18 heavy (non-hydrogen) atoms. The number of hydrogen-bond donors (Lipinski definition) is 2. The van der Waals surface area contributed by atoms with Crippen LogP contribution in [-0.2, 0) is 7.05 Å². The van der Waals surface area contributed by atoms with E-state index < -0.39 is 0 Å². The van der Waals surface area contributed by atoms with E-state index in [9.17, 15) is 0 Å². The Hall–Kier alpha value is -1.85. The van der Waals surface area contributed by atoms with Crippen LogP contribution in [0.3, 0.4) is 0 Å². The van der Waals surface area contributed by atoms with Gasteiger partial charge in [0.25, 0.3) is 0 Å². The van der Waals surface area contributed by atoms with Gasteiger partial charge in [0.15, 0.2) is 0 Å². The molecule has 0 aliphatic heterocycles. The molecule has 1 aromatic carbocycles. The van der Waals surface area contributed by atoms with Crippen LogP contribution in [0.4, 0.5) is 0 Å². The number of aromatic nitrogens is 2. The van der Waals surface area contributed by atoms with Gasteiger partial charge in [0, 0.05) is 12.6 Å². The molecule has 3 N–H and O–H groups in total. The summed E-state index contributed by atoms with van der Waals surface area (Å²) in [5.74, 6) is 6.52. The Bertz CT molecular complexity index is 509. The van der Waals surface area contributed by atoms with Gasteiger partial charge >= 0.3 is 0 Å². The number of aryl methyl sites for hydroxylation is 1. The molecule has 0 aliphatic rings. The fraction of sp³-hybridized carbons (Fsp3) is 0.308. The molecule has 0 saturated heterocycles. The minimum absolute atomic E-state index is 0.139. The van der Waals surface area contributed by atoms with Gasteiger partial charge in [-0.2, -0.15) is 0 Å². The van der Waals surface area contributed by atoms with Crippen LogP contribution in [0.5, 0.6) is 5.75 Å². The number of rotatable bonds is 5. The predicted molar refractivity (Wildman–Crippen MR) is 70.0 cm³/mol. The van der Waals surface area contributed by atoms with Crippen LogP contribution >= 0.6 is 0 Å². The molecule has 5 nitrogen and oxygen atoms in total. The van der Waals surface area contributed by atoms with Crippen molar-refractivity contribution in [2.75, 3.05) is 6.61 Å². The molecule has 96 valence electrons. The number of ether oxygens (including phenoxy) is 1. The standard InChI is InChI=1S/C13H18N4O/c1-3-18-12-7-5-4-6-10(12)13(16-14)11-8-15-9-17(11)2/h4-9,13,16H,3,14H2,1-2H3. The number of hydrogen-bond acceptors (Lipinski definition) is 4. The summed E-state index contributed by atoms with van der Waals surface area (Å²) in [6, 6.07) is 7.73. The summed E-state index contributed by atoms with van der Waals surface area (Å²) < 4.78 is 7.57. The molecular weight excluding hydrogens is 228 g/mol. The van der Waals surface area contributed by atoms with Crippen LogP contribution in [0.2, 0.25) is 0 Å². The van der Waals surface area contributed by atoms with Crippen molar-refractivity contribution in [3.8, 4) is 5.75 Å². The molecule has 2 aromatic rings. The highest BCUT2D eigenvalue weighted by Crippen LogP contribution is 2.29. The van der Waals surface area contributed by atoms with Gasteiger partial charge in [0.05, 0.1) is 30.9 Å². The van der Waals surface area contributed by atoms with Crippen molar-refractivity contribution in [2.45, 2.75) is 13.0 Å². The average Bonchev–Trinajstić information content (AvgIpc) is 2.79. The Kier molecular flexibility index (Phi) is 3.96. The van der Waals surface area contributed by atoms with Crippen molar-refractivity contribution >= 4 is 0 Å². The second kappa shape index (κ2) is 5.66. The van der Waals surface area contributed by atoms with Crippen molar-refractivity contribution < 1.29 is 4.74 Å². The first-order valence-corrected chi connectivity index (χ1v) is 5.92. The number of nitrogens with one attached hydrogen (secondary N) is 1. The first kappa shape index (κ1) is 12.6.